The highest BCUT2D eigenvalue weighted by Crippen LogP contribution is 2.35. The molecule has 1 amide bonds. The Labute approximate surface area is 141 Å². The number of piperidine rings is 1. The highest BCUT2D eigenvalue weighted by Gasteiger charge is 2.25. The van der Waals surface area contributed by atoms with Gasteiger partial charge in [0.25, 0.3) is 5.69 Å². The van der Waals surface area contributed by atoms with Crippen LogP contribution in [-0.2, 0) is 4.79 Å². The molecular formula is C16H22ClN3O3. The maximum absolute atomic E-state index is 11.8. The molecule has 1 saturated heterocycles. The summed E-state index contributed by atoms with van der Waals surface area (Å²) in [5.41, 5.74) is 1.61. The number of anilines is 1. The Bertz CT molecular complexity index is 583. The number of nitro groups is 1. The molecule has 6 nitrogen and oxygen atoms in total. The van der Waals surface area contributed by atoms with E-state index in [-0.39, 0.29) is 17.6 Å². The number of carbonyl (C=O) groups is 1. The number of carbonyl (C=O) groups excluding carboxylic acids is 1. The monoisotopic (exact) mass is 339 g/mol. The van der Waals surface area contributed by atoms with E-state index >= 15 is 0 Å². The standard InChI is InChI=1S/C16H22ClN3O3/c1-3-5-15(21)18-12-6-4-7-19(10-12)16-11(2)8-13(20(22)23)9-14(16)17/h8-9,12H,3-7,10H2,1-2H3,(H,18,21). The zero-order valence-electron chi connectivity index (χ0n) is 13.5. The lowest BCUT2D eigenvalue weighted by molar-refractivity contribution is -0.384. The number of benzene rings is 1. The molecule has 1 atom stereocenters. The minimum atomic E-state index is -0.438. The molecule has 0 aliphatic carbocycles. The molecule has 0 radical (unpaired) electrons. The van der Waals surface area contributed by atoms with Crippen molar-refractivity contribution in [1.82, 2.24) is 5.32 Å². The second kappa shape index (κ2) is 7.64. The second-order valence-corrected chi connectivity index (χ2v) is 6.36. The molecule has 0 bridgehead atoms. The van der Waals surface area contributed by atoms with Crippen LogP contribution in [-0.4, -0.2) is 30.0 Å². The topological polar surface area (TPSA) is 75.5 Å². The van der Waals surface area contributed by atoms with Gasteiger partial charge in [-0.15, -0.1) is 0 Å². The van der Waals surface area contributed by atoms with Gasteiger partial charge in [0.15, 0.2) is 0 Å². The van der Waals surface area contributed by atoms with Gasteiger partial charge in [-0.05, 0) is 31.7 Å². The molecule has 1 heterocycles. The number of halogens is 1. The number of non-ortho nitro benzene ring substituents is 1. The van der Waals surface area contributed by atoms with E-state index in [1.165, 1.54) is 6.07 Å². The Balaban J connectivity index is 2.15. The van der Waals surface area contributed by atoms with Crippen LogP contribution in [0.15, 0.2) is 12.1 Å². The molecule has 1 unspecified atom stereocenters. The van der Waals surface area contributed by atoms with Crippen LogP contribution < -0.4 is 10.2 Å². The van der Waals surface area contributed by atoms with Gasteiger partial charge in [-0.25, -0.2) is 0 Å². The van der Waals surface area contributed by atoms with Crippen molar-refractivity contribution in [3.05, 3.63) is 32.8 Å². The molecular weight excluding hydrogens is 318 g/mol. The fourth-order valence-corrected chi connectivity index (χ4v) is 3.43. The van der Waals surface area contributed by atoms with Gasteiger partial charge in [0.1, 0.15) is 0 Å². The van der Waals surface area contributed by atoms with E-state index in [0.717, 1.165) is 37.1 Å². The minimum absolute atomic E-state index is 0.000980. The maximum atomic E-state index is 11.8. The fourth-order valence-electron chi connectivity index (χ4n) is 3.05. The summed E-state index contributed by atoms with van der Waals surface area (Å²) in [6.07, 6.45) is 3.25. The van der Waals surface area contributed by atoms with Crippen molar-refractivity contribution in [2.24, 2.45) is 0 Å². The van der Waals surface area contributed by atoms with Crippen LogP contribution in [0.3, 0.4) is 0 Å². The summed E-state index contributed by atoms with van der Waals surface area (Å²) in [6, 6.07) is 3.03. The number of nitrogens with one attached hydrogen (secondary N) is 1. The van der Waals surface area contributed by atoms with E-state index in [1.807, 2.05) is 13.8 Å². The van der Waals surface area contributed by atoms with Crippen molar-refractivity contribution in [2.75, 3.05) is 18.0 Å². The molecule has 7 heteroatoms. The summed E-state index contributed by atoms with van der Waals surface area (Å²) in [5.74, 6) is 0.0749. The van der Waals surface area contributed by atoms with Crippen LogP contribution in [0.5, 0.6) is 0 Å². The molecule has 1 aromatic carbocycles. The first-order valence-corrected chi connectivity index (χ1v) is 8.29. The van der Waals surface area contributed by atoms with Crippen molar-refractivity contribution in [3.8, 4) is 0 Å². The van der Waals surface area contributed by atoms with Gasteiger partial charge >= 0.3 is 0 Å². The lowest BCUT2D eigenvalue weighted by Crippen LogP contribution is -2.48. The van der Waals surface area contributed by atoms with Crippen molar-refractivity contribution < 1.29 is 9.72 Å². The van der Waals surface area contributed by atoms with Crippen LogP contribution in [0, 0.1) is 17.0 Å². The lowest BCUT2D eigenvalue weighted by Gasteiger charge is -2.36. The summed E-state index contributed by atoms with van der Waals surface area (Å²) >= 11 is 6.28. The van der Waals surface area contributed by atoms with Crippen molar-refractivity contribution in [3.63, 3.8) is 0 Å². The third kappa shape index (κ3) is 4.34. The third-order valence-electron chi connectivity index (χ3n) is 4.03. The highest BCUT2D eigenvalue weighted by molar-refractivity contribution is 6.33. The van der Waals surface area contributed by atoms with Gasteiger partial charge in [0, 0.05) is 37.7 Å². The summed E-state index contributed by atoms with van der Waals surface area (Å²) in [4.78, 5) is 24.4. The lowest BCUT2D eigenvalue weighted by atomic mass is 10.0. The van der Waals surface area contributed by atoms with Gasteiger partial charge < -0.3 is 10.2 Å². The average molecular weight is 340 g/mol. The van der Waals surface area contributed by atoms with Gasteiger partial charge in [-0.2, -0.15) is 0 Å². The second-order valence-electron chi connectivity index (χ2n) is 5.95. The summed E-state index contributed by atoms with van der Waals surface area (Å²) < 4.78 is 0. The van der Waals surface area contributed by atoms with Crippen molar-refractivity contribution in [1.29, 1.82) is 0 Å². The van der Waals surface area contributed by atoms with Crippen molar-refractivity contribution >= 4 is 28.9 Å². The third-order valence-corrected chi connectivity index (χ3v) is 4.32. The Morgan fingerprint density at radius 3 is 2.87 bits per heavy atom. The van der Waals surface area contributed by atoms with Crippen LogP contribution in [0.2, 0.25) is 5.02 Å². The van der Waals surface area contributed by atoms with Gasteiger partial charge in [-0.1, -0.05) is 18.5 Å². The molecule has 0 aromatic heterocycles. The van der Waals surface area contributed by atoms with E-state index in [9.17, 15) is 14.9 Å². The van der Waals surface area contributed by atoms with Gasteiger partial charge in [-0.3, -0.25) is 14.9 Å². The molecule has 0 saturated carbocycles. The number of nitrogens with zero attached hydrogens (tertiary/aromatic N) is 2. The number of hydrogen-bond donors (Lipinski definition) is 1. The molecule has 1 aliphatic heterocycles. The highest BCUT2D eigenvalue weighted by atomic mass is 35.5. The average Bonchev–Trinajstić information content (AvgIpc) is 2.47. The molecule has 126 valence electrons. The molecule has 1 aromatic rings. The van der Waals surface area contributed by atoms with Gasteiger partial charge in [0.2, 0.25) is 5.91 Å². The number of rotatable bonds is 5. The Kier molecular flexibility index (Phi) is 5.82. The first kappa shape index (κ1) is 17.5. The molecule has 1 fully saturated rings. The quantitative estimate of drug-likeness (QED) is 0.658. The van der Waals surface area contributed by atoms with E-state index in [2.05, 4.69) is 10.2 Å². The number of amides is 1. The van der Waals surface area contributed by atoms with Crippen LogP contribution in [0.1, 0.15) is 38.2 Å². The molecule has 2 rings (SSSR count). The Morgan fingerprint density at radius 1 is 1.52 bits per heavy atom. The zero-order valence-corrected chi connectivity index (χ0v) is 14.2. The van der Waals surface area contributed by atoms with Crippen LogP contribution in [0.25, 0.3) is 0 Å². The summed E-state index contributed by atoms with van der Waals surface area (Å²) in [6.45, 7) is 5.31. The first-order valence-electron chi connectivity index (χ1n) is 7.91. The smallest absolute Gasteiger partial charge is 0.271 e. The van der Waals surface area contributed by atoms with Crippen LogP contribution >= 0.6 is 11.6 Å². The SMILES string of the molecule is CCCC(=O)NC1CCCN(c2c(C)cc([N+](=O)[O-])cc2Cl)C1. The Hall–Kier alpha value is -1.82. The maximum Gasteiger partial charge on any atom is 0.271 e. The predicted octanol–water partition coefficient (Wildman–Crippen LogP) is 3.44. The predicted molar refractivity (Wildman–Crippen MR) is 91.1 cm³/mol. The number of hydrogen-bond acceptors (Lipinski definition) is 4. The van der Waals surface area contributed by atoms with Gasteiger partial charge in [0.05, 0.1) is 15.6 Å². The van der Waals surface area contributed by atoms with E-state index < -0.39 is 4.92 Å². The summed E-state index contributed by atoms with van der Waals surface area (Å²) in [7, 11) is 0. The molecule has 1 N–H and O–H groups in total. The number of nitro benzene ring substituents is 1. The first-order chi connectivity index (χ1) is 10.9. The Morgan fingerprint density at radius 2 is 2.26 bits per heavy atom. The van der Waals surface area contributed by atoms with Crippen LogP contribution in [0.4, 0.5) is 11.4 Å². The minimum Gasteiger partial charge on any atom is -0.368 e. The normalized spacial score (nSPS) is 17.9. The molecule has 23 heavy (non-hydrogen) atoms. The largest absolute Gasteiger partial charge is 0.368 e. The van der Waals surface area contributed by atoms with Crippen molar-refractivity contribution in [2.45, 2.75) is 45.6 Å². The fraction of sp³-hybridized carbons (Fsp3) is 0.562. The zero-order chi connectivity index (χ0) is 17.0. The number of aryl methyl sites for hydroxylation is 1. The molecule has 0 spiro atoms. The molecule has 1 aliphatic rings. The van der Waals surface area contributed by atoms with E-state index in [0.29, 0.717) is 18.0 Å². The summed E-state index contributed by atoms with van der Waals surface area (Å²) in [5, 5.41) is 14.4. The van der Waals surface area contributed by atoms with E-state index in [4.69, 9.17) is 11.6 Å². The van der Waals surface area contributed by atoms with E-state index in [1.54, 1.807) is 6.07 Å².